The number of H-pyrrole nitrogens is 1. The summed E-state index contributed by atoms with van der Waals surface area (Å²) in [7, 11) is 0. The van der Waals surface area contributed by atoms with E-state index in [1.165, 1.54) is 17.3 Å². The highest BCUT2D eigenvalue weighted by molar-refractivity contribution is 5.85. The minimum atomic E-state index is -0.351. The summed E-state index contributed by atoms with van der Waals surface area (Å²) < 4.78 is 5.78. The van der Waals surface area contributed by atoms with E-state index in [0.29, 0.717) is 37.8 Å². The normalized spacial score (nSPS) is 21.7. The Balaban J connectivity index is 1.52. The fraction of sp³-hybridized carbons (Fsp3) is 0.429. The molecular weight excluding hydrogens is 384 g/mol. The van der Waals surface area contributed by atoms with E-state index in [0.717, 1.165) is 17.6 Å². The lowest BCUT2D eigenvalue weighted by atomic mass is 10.0. The highest BCUT2D eigenvalue weighted by atomic mass is 16.6. The molecule has 5 rings (SSSR count). The number of nitro groups is 1. The number of benzene rings is 1. The third-order valence-corrected chi connectivity index (χ3v) is 5.87. The van der Waals surface area contributed by atoms with Gasteiger partial charge in [0.2, 0.25) is 11.6 Å². The van der Waals surface area contributed by atoms with Gasteiger partial charge in [0.05, 0.1) is 23.7 Å². The lowest BCUT2D eigenvalue weighted by Crippen LogP contribution is -2.46. The molecule has 1 aromatic carbocycles. The number of anilines is 2. The summed E-state index contributed by atoms with van der Waals surface area (Å²) in [5.41, 5.74) is 3.44. The van der Waals surface area contributed by atoms with E-state index in [9.17, 15) is 10.1 Å². The molecule has 0 aliphatic carbocycles. The molecule has 3 aromatic rings. The van der Waals surface area contributed by atoms with Crippen LogP contribution in [-0.2, 0) is 17.7 Å². The van der Waals surface area contributed by atoms with E-state index < -0.39 is 0 Å². The zero-order valence-electron chi connectivity index (χ0n) is 17.0. The van der Waals surface area contributed by atoms with E-state index in [1.807, 2.05) is 35.8 Å². The number of morpholine rings is 1. The molecule has 2 unspecified atom stereocenters. The molecule has 0 amide bonds. The van der Waals surface area contributed by atoms with Crippen molar-refractivity contribution in [2.75, 3.05) is 29.4 Å². The van der Waals surface area contributed by atoms with Gasteiger partial charge in [-0.15, -0.1) is 0 Å². The van der Waals surface area contributed by atoms with Crippen molar-refractivity contribution in [2.24, 2.45) is 0 Å². The van der Waals surface area contributed by atoms with Crippen LogP contribution < -0.4 is 9.80 Å². The summed E-state index contributed by atoms with van der Waals surface area (Å²) in [4.78, 5) is 27.8. The number of ether oxygens (including phenoxy) is 1. The second kappa shape index (κ2) is 7.24. The molecule has 0 saturated carbocycles. The molecule has 30 heavy (non-hydrogen) atoms. The van der Waals surface area contributed by atoms with Gasteiger partial charge >= 0.3 is 5.69 Å². The SMILES string of the molecule is CC1CN(c2ncnc(N3CCc4c([nH]c5ccccc45)C3)c2[N+](=O)[O-])CC(C)O1. The lowest BCUT2D eigenvalue weighted by molar-refractivity contribution is -0.383. The first-order valence-corrected chi connectivity index (χ1v) is 10.2. The van der Waals surface area contributed by atoms with Gasteiger partial charge in [0.25, 0.3) is 0 Å². The summed E-state index contributed by atoms with van der Waals surface area (Å²) in [5.74, 6) is 0.746. The Kier molecular flexibility index (Phi) is 4.54. The Labute approximate surface area is 173 Å². The predicted octanol–water partition coefficient (Wildman–Crippen LogP) is 3.04. The first kappa shape index (κ1) is 18.8. The third kappa shape index (κ3) is 3.15. The molecule has 1 saturated heterocycles. The van der Waals surface area contributed by atoms with Gasteiger partial charge in [0, 0.05) is 36.2 Å². The molecule has 0 radical (unpaired) electrons. The second-order valence-electron chi connectivity index (χ2n) is 8.09. The van der Waals surface area contributed by atoms with E-state index in [2.05, 4.69) is 27.1 Å². The molecule has 2 aliphatic heterocycles. The van der Waals surface area contributed by atoms with Crippen LogP contribution in [0.1, 0.15) is 25.1 Å². The van der Waals surface area contributed by atoms with E-state index in [1.54, 1.807) is 0 Å². The monoisotopic (exact) mass is 408 g/mol. The van der Waals surface area contributed by atoms with Crippen LogP contribution in [0.25, 0.3) is 10.9 Å². The average Bonchev–Trinajstić information content (AvgIpc) is 3.10. The van der Waals surface area contributed by atoms with E-state index >= 15 is 0 Å². The second-order valence-corrected chi connectivity index (χ2v) is 8.09. The maximum absolute atomic E-state index is 12.1. The van der Waals surface area contributed by atoms with Crippen LogP contribution in [0.5, 0.6) is 0 Å². The quantitative estimate of drug-likeness (QED) is 0.525. The number of hydrogen-bond donors (Lipinski definition) is 1. The van der Waals surface area contributed by atoms with Gasteiger partial charge in [0.15, 0.2) is 0 Å². The lowest BCUT2D eigenvalue weighted by Gasteiger charge is -2.36. The molecule has 9 heteroatoms. The fourth-order valence-corrected chi connectivity index (χ4v) is 4.71. The zero-order chi connectivity index (χ0) is 20.8. The van der Waals surface area contributed by atoms with Crippen LogP contribution in [0.15, 0.2) is 30.6 Å². The van der Waals surface area contributed by atoms with Gasteiger partial charge in [0.1, 0.15) is 6.33 Å². The fourth-order valence-electron chi connectivity index (χ4n) is 4.71. The maximum atomic E-state index is 12.1. The Bertz CT molecular complexity index is 1100. The molecule has 9 nitrogen and oxygen atoms in total. The van der Waals surface area contributed by atoms with E-state index in [4.69, 9.17) is 4.74 Å². The standard InChI is InChI=1S/C21H24N6O3/c1-13-9-26(10-14(2)30-13)21-19(27(28)29)20(22-12-23-21)25-8-7-16-15-5-3-4-6-17(15)24-18(16)11-25/h3-6,12-14,24H,7-11H2,1-2H3. The number of nitrogens with one attached hydrogen (secondary N) is 1. The van der Waals surface area contributed by atoms with Gasteiger partial charge < -0.3 is 19.5 Å². The van der Waals surface area contributed by atoms with Crippen molar-refractivity contribution in [1.29, 1.82) is 0 Å². The Morgan fingerprint density at radius 2 is 1.83 bits per heavy atom. The number of aromatic amines is 1. The highest BCUT2D eigenvalue weighted by Crippen LogP contribution is 2.38. The summed E-state index contributed by atoms with van der Waals surface area (Å²) in [6.07, 6.45) is 2.20. The molecule has 0 spiro atoms. The highest BCUT2D eigenvalue weighted by Gasteiger charge is 2.34. The summed E-state index contributed by atoms with van der Waals surface area (Å²) >= 11 is 0. The number of hydrogen-bond acceptors (Lipinski definition) is 7. The van der Waals surface area contributed by atoms with Gasteiger partial charge in [-0.3, -0.25) is 10.1 Å². The smallest absolute Gasteiger partial charge is 0.353 e. The predicted molar refractivity (Wildman–Crippen MR) is 114 cm³/mol. The van der Waals surface area contributed by atoms with Crippen LogP contribution in [0, 0.1) is 10.1 Å². The molecule has 2 atom stereocenters. The Morgan fingerprint density at radius 3 is 2.57 bits per heavy atom. The van der Waals surface area contributed by atoms with Crippen molar-refractivity contribution < 1.29 is 9.66 Å². The van der Waals surface area contributed by atoms with Gasteiger partial charge in [-0.05, 0) is 31.9 Å². The minimum absolute atomic E-state index is 0.0179. The number of para-hydroxylation sites is 1. The maximum Gasteiger partial charge on any atom is 0.353 e. The van der Waals surface area contributed by atoms with Crippen LogP contribution in [0.3, 0.4) is 0 Å². The first-order valence-electron chi connectivity index (χ1n) is 10.2. The number of nitrogens with zero attached hydrogens (tertiary/aromatic N) is 5. The molecular formula is C21H24N6O3. The molecule has 156 valence electrons. The summed E-state index contributed by atoms with van der Waals surface area (Å²) in [6, 6.07) is 8.22. The molecule has 2 aliphatic rings. The number of rotatable bonds is 3. The molecule has 1 fully saturated rings. The zero-order valence-corrected chi connectivity index (χ0v) is 17.0. The first-order chi connectivity index (χ1) is 14.5. The summed E-state index contributed by atoms with van der Waals surface area (Å²) in [6.45, 7) is 6.29. The average molecular weight is 408 g/mol. The van der Waals surface area contributed by atoms with Gasteiger partial charge in [-0.2, -0.15) is 0 Å². The van der Waals surface area contributed by atoms with Crippen molar-refractivity contribution in [3.05, 3.63) is 52.0 Å². The van der Waals surface area contributed by atoms with Crippen molar-refractivity contribution in [2.45, 2.75) is 39.0 Å². The Morgan fingerprint density at radius 1 is 1.13 bits per heavy atom. The molecule has 1 N–H and O–H groups in total. The molecule has 2 aromatic heterocycles. The van der Waals surface area contributed by atoms with Crippen molar-refractivity contribution >= 4 is 28.2 Å². The minimum Gasteiger partial charge on any atom is -0.372 e. The van der Waals surface area contributed by atoms with Crippen LogP contribution in [0.2, 0.25) is 0 Å². The molecule has 0 bridgehead atoms. The third-order valence-electron chi connectivity index (χ3n) is 5.87. The molecule has 4 heterocycles. The number of fused-ring (bicyclic) bond motifs is 3. The van der Waals surface area contributed by atoms with Crippen molar-refractivity contribution in [3.8, 4) is 0 Å². The van der Waals surface area contributed by atoms with Crippen LogP contribution >= 0.6 is 0 Å². The van der Waals surface area contributed by atoms with Crippen LogP contribution in [0.4, 0.5) is 17.3 Å². The van der Waals surface area contributed by atoms with Gasteiger partial charge in [-0.1, -0.05) is 18.2 Å². The topological polar surface area (TPSA) is 100 Å². The number of aromatic nitrogens is 3. The van der Waals surface area contributed by atoms with E-state index in [-0.39, 0.29) is 22.8 Å². The largest absolute Gasteiger partial charge is 0.372 e. The van der Waals surface area contributed by atoms with Crippen LogP contribution in [-0.4, -0.2) is 51.7 Å². The van der Waals surface area contributed by atoms with Crippen molar-refractivity contribution in [3.63, 3.8) is 0 Å². The summed E-state index contributed by atoms with van der Waals surface area (Å²) in [5, 5.41) is 13.3. The Hall–Kier alpha value is -3.20. The van der Waals surface area contributed by atoms with Crippen molar-refractivity contribution in [1.82, 2.24) is 15.0 Å². The van der Waals surface area contributed by atoms with Gasteiger partial charge in [-0.25, -0.2) is 9.97 Å².